The zero-order chi connectivity index (χ0) is 16.0. The largest absolute Gasteiger partial charge is 0.386 e. The number of guanidine groups is 1. The van der Waals surface area contributed by atoms with Crippen LogP contribution in [-0.2, 0) is 0 Å². The maximum absolute atomic E-state index is 10.2. The molecule has 4 nitrogen and oxygen atoms in total. The van der Waals surface area contributed by atoms with Crippen molar-refractivity contribution < 1.29 is 5.11 Å². The van der Waals surface area contributed by atoms with E-state index >= 15 is 0 Å². The third-order valence-corrected chi connectivity index (χ3v) is 6.46. The van der Waals surface area contributed by atoms with Gasteiger partial charge in [0.25, 0.3) is 0 Å². The molecule has 0 amide bonds. The van der Waals surface area contributed by atoms with Gasteiger partial charge in [0.2, 0.25) is 0 Å². The summed E-state index contributed by atoms with van der Waals surface area (Å²) in [7, 11) is 0. The highest BCUT2D eigenvalue weighted by molar-refractivity contribution is 8.00. The van der Waals surface area contributed by atoms with Crippen molar-refractivity contribution in [3.05, 3.63) is 21.3 Å². The molecule has 0 radical (unpaired) electrons. The second-order valence-corrected chi connectivity index (χ2v) is 9.06. The Morgan fingerprint density at radius 2 is 2.32 bits per heavy atom. The molecule has 2 atom stereocenters. The number of aliphatic hydroxyl groups excluding tert-OH is 1. The van der Waals surface area contributed by atoms with E-state index < -0.39 is 6.10 Å². The van der Waals surface area contributed by atoms with Crippen molar-refractivity contribution in [1.29, 1.82) is 0 Å². The summed E-state index contributed by atoms with van der Waals surface area (Å²) in [5.74, 6) is 1.99. The van der Waals surface area contributed by atoms with Crippen LogP contribution in [0, 0.1) is 0 Å². The van der Waals surface area contributed by atoms with Gasteiger partial charge >= 0.3 is 0 Å². The van der Waals surface area contributed by atoms with Crippen LogP contribution in [0.15, 0.2) is 17.1 Å². The van der Waals surface area contributed by atoms with Gasteiger partial charge in [-0.05, 0) is 44.6 Å². The maximum atomic E-state index is 10.2. The SMILES string of the molecule is CCNC(=NCC1(C)CCCS1)NCC(O)c1ccc(Cl)s1. The standard InChI is InChI=1S/C15H24ClN3OS2/c1-3-17-14(19-10-15(2)7-4-8-21-15)18-9-11(20)12-5-6-13(16)22-12/h5-6,11,20H,3-4,7-10H2,1-2H3,(H2,17,18,19). The number of halogens is 1. The lowest BCUT2D eigenvalue weighted by Gasteiger charge is -2.21. The lowest BCUT2D eigenvalue weighted by Crippen LogP contribution is -2.40. The third kappa shape index (κ3) is 5.33. The van der Waals surface area contributed by atoms with Crippen LogP contribution >= 0.6 is 34.7 Å². The van der Waals surface area contributed by atoms with Gasteiger partial charge in [0.05, 0.1) is 10.9 Å². The molecule has 22 heavy (non-hydrogen) atoms. The van der Waals surface area contributed by atoms with Crippen LogP contribution in [0.1, 0.15) is 37.7 Å². The predicted molar refractivity (Wildman–Crippen MR) is 98.4 cm³/mol. The summed E-state index contributed by atoms with van der Waals surface area (Å²) in [6, 6.07) is 3.67. The normalized spacial score (nSPS) is 23.5. The summed E-state index contributed by atoms with van der Waals surface area (Å²) in [6.07, 6.45) is 1.92. The number of rotatable bonds is 6. The first-order valence-electron chi connectivity index (χ1n) is 7.62. The van der Waals surface area contributed by atoms with Gasteiger partial charge in [-0.2, -0.15) is 11.8 Å². The Labute approximate surface area is 145 Å². The van der Waals surface area contributed by atoms with Gasteiger partial charge < -0.3 is 15.7 Å². The van der Waals surface area contributed by atoms with Gasteiger partial charge in [0, 0.05) is 22.7 Å². The summed E-state index contributed by atoms with van der Waals surface area (Å²) in [4.78, 5) is 5.55. The van der Waals surface area contributed by atoms with Crippen LogP contribution in [0.3, 0.4) is 0 Å². The summed E-state index contributed by atoms with van der Waals surface area (Å²) >= 11 is 9.31. The summed E-state index contributed by atoms with van der Waals surface area (Å²) in [5, 5.41) is 16.6. The molecule has 3 N–H and O–H groups in total. The number of hydrogen-bond donors (Lipinski definition) is 3. The number of nitrogens with zero attached hydrogens (tertiary/aromatic N) is 1. The van der Waals surface area contributed by atoms with E-state index in [1.165, 1.54) is 29.9 Å². The molecule has 2 heterocycles. The summed E-state index contributed by atoms with van der Waals surface area (Å²) in [5.41, 5.74) is 0. The quantitative estimate of drug-likeness (QED) is 0.537. The van der Waals surface area contributed by atoms with Gasteiger partial charge in [-0.25, -0.2) is 0 Å². The van der Waals surface area contributed by atoms with Crippen LogP contribution in [-0.4, -0.2) is 41.2 Å². The molecule has 0 spiro atoms. The first kappa shape index (κ1) is 17.9. The Morgan fingerprint density at radius 3 is 2.91 bits per heavy atom. The molecule has 1 aromatic rings. The van der Waals surface area contributed by atoms with Crippen molar-refractivity contribution in [2.45, 2.75) is 37.5 Å². The van der Waals surface area contributed by atoms with E-state index in [4.69, 9.17) is 11.6 Å². The fourth-order valence-corrected chi connectivity index (χ4v) is 4.62. The number of hydrogen-bond acceptors (Lipinski definition) is 4. The molecule has 0 aliphatic carbocycles. The van der Waals surface area contributed by atoms with Crippen LogP contribution in [0.5, 0.6) is 0 Å². The van der Waals surface area contributed by atoms with Crippen molar-refractivity contribution in [2.75, 3.05) is 25.4 Å². The van der Waals surface area contributed by atoms with E-state index in [2.05, 4.69) is 22.5 Å². The van der Waals surface area contributed by atoms with Crippen molar-refractivity contribution in [3.63, 3.8) is 0 Å². The number of thioether (sulfide) groups is 1. The minimum absolute atomic E-state index is 0.252. The smallest absolute Gasteiger partial charge is 0.191 e. The van der Waals surface area contributed by atoms with Gasteiger partial charge in [-0.3, -0.25) is 4.99 Å². The zero-order valence-electron chi connectivity index (χ0n) is 13.1. The van der Waals surface area contributed by atoms with Crippen molar-refractivity contribution in [2.24, 2.45) is 4.99 Å². The molecule has 1 saturated heterocycles. The van der Waals surface area contributed by atoms with Gasteiger partial charge in [-0.1, -0.05) is 11.6 Å². The average Bonchev–Trinajstić information content (AvgIpc) is 3.11. The fraction of sp³-hybridized carbons (Fsp3) is 0.667. The molecule has 2 rings (SSSR count). The van der Waals surface area contributed by atoms with E-state index in [1.807, 2.05) is 30.8 Å². The van der Waals surface area contributed by atoms with Gasteiger partial charge in [0.15, 0.2) is 5.96 Å². The topological polar surface area (TPSA) is 56.7 Å². The molecule has 1 aliphatic rings. The van der Waals surface area contributed by atoms with Gasteiger partial charge in [0.1, 0.15) is 6.10 Å². The number of nitrogens with one attached hydrogen (secondary N) is 2. The van der Waals surface area contributed by atoms with Crippen LogP contribution in [0.2, 0.25) is 4.34 Å². The number of aliphatic imine (C=N–C) groups is 1. The molecule has 1 aliphatic heterocycles. The van der Waals surface area contributed by atoms with E-state index in [9.17, 15) is 5.11 Å². The highest BCUT2D eigenvalue weighted by Crippen LogP contribution is 2.37. The predicted octanol–water partition coefficient (Wildman–Crippen LogP) is 3.28. The van der Waals surface area contributed by atoms with Crippen LogP contribution in [0.25, 0.3) is 0 Å². The average molecular weight is 362 g/mol. The fourth-order valence-electron chi connectivity index (χ4n) is 2.35. The molecule has 7 heteroatoms. The monoisotopic (exact) mass is 361 g/mol. The molecule has 1 fully saturated rings. The van der Waals surface area contributed by atoms with Crippen molar-refractivity contribution in [3.8, 4) is 0 Å². The molecule has 0 bridgehead atoms. The van der Waals surface area contributed by atoms with E-state index in [0.29, 0.717) is 10.9 Å². The second kappa shape index (κ2) is 8.43. The molecule has 0 aromatic carbocycles. The molecule has 2 unspecified atom stereocenters. The highest BCUT2D eigenvalue weighted by Gasteiger charge is 2.29. The lowest BCUT2D eigenvalue weighted by atomic mass is 10.1. The molecule has 1 aromatic heterocycles. The zero-order valence-corrected chi connectivity index (χ0v) is 15.5. The molecule has 124 valence electrons. The highest BCUT2D eigenvalue weighted by atomic mass is 35.5. The third-order valence-electron chi connectivity index (χ3n) is 3.60. The first-order chi connectivity index (χ1) is 10.5. The van der Waals surface area contributed by atoms with E-state index in [1.54, 1.807) is 0 Å². The maximum Gasteiger partial charge on any atom is 0.191 e. The van der Waals surface area contributed by atoms with E-state index in [-0.39, 0.29) is 4.75 Å². The first-order valence-corrected chi connectivity index (χ1v) is 9.80. The van der Waals surface area contributed by atoms with Gasteiger partial charge in [-0.15, -0.1) is 11.3 Å². The molecular formula is C15H24ClN3OS2. The van der Waals surface area contributed by atoms with Crippen molar-refractivity contribution >= 4 is 40.7 Å². The Hall–Kier alpha value is -0.430. The minimum Gasteiger partial charge on any atom is -0.386 e. The summed E-state index contributed by atoms with van der Waals surface area (Å²) in [6.45, 7) is 6.34. The minimum atomic E-state index is -0.571. The Balaban J connectivity index is 1.87. The Morgan fingerprint density at radius 1 is 1.50 bits per heavy atom. The van der Waals surface area contributed by atoms with Crippen LogP contribution in [0.4, 0.5) is 0 Å². The second-order valence-electron chi connectivity index (χ2n) is 5.64. The summed E-state index contributed by atoms with van der Waals surface area (Å²) < 4.78 is 0.947. The number of aliphatic hydroxyl groups is 1. The lowest BCUT2D eigenvalue weighted by molar-refractivity contribution is 0.184. The van der Waals surface area contributed by atoms with Crippen molar-refractivity contribution in [1.82, 2.24) is 10.6 Å². The van der Waals surface area contributed by atoms with Crippen LogP contribution < -0.4 is 10.6 Å². The Bertz CT molecular complexity index is 501. The Kier molecular flexibility index (Phi) is 6.87. The number of thiophene rings is 1. The molecular weight excluding hydrogens is 338 g/mol. The van der Waals surface area contributed by atoms with E-state index in [0.717, 1.165) is 23.9 Å². The molecule has 0 saturated carbocycles.